The Bertz CT molecular complexity index is 805. The molecule has 1 amide bonds. The van der Waals surface area contributed by atoms with Gasteiger partial charge in [-0.3, -0.25) is 4.79 Å². The van der Waals surface area contributed by atoms with Crippen molar-refractivity contribution in [1.29, 1.82) is 0 Å². The van der Waals surface area contributed by atoms with Gasteiger partial charge in [0.25, 0.3) is 5.91 Å². The largest absolute Gasteiger partial charge is 0.319 e. The van der Waals surface area contributed by atoms with Gasteiger partial charge in [-0.2, -0.15) is 4.39 Å². The maximum Gasteiger partial charge on any atom is 0.255 e. The second-order valence-electron chi connectivity index (χ2n) is 3.94. The van der Waals surface area contributed by atoms with Crippen LogP contribution in [-0.4, -0.2) is 15.9 Å². The molecule has 0 atom stereocenters. The third-order valence-corrected chi connectivity index (χ3v) is 3.79. The fourth-order valence-corrected chi connectivity index (χ4v) is 2.64. The molecule has 1 N–H and O–H groups in total. The van der Waals surface area contributed by atoms with Crippen molar-refractivity contribution < 1.29 is 9.18 Å². The first-order valence-electron chi connectivity index (χ1n) is 5.60. The van der Waals surface area contributed by atoms with E-state index in [2.05, 4.69) is 15.3 Å². The molecule has 0 bridgehead atoms. The Kier molecular flexibility index (Phi) is 3.33. The molecule has 0 saturated carbocycles. The van der Waals surface area contributed by atoms with Gasteiger partial charge in [0.15, 0.2) is 0 Å². The number of anilines is 1. The number of carbonyl (C=O) groups excluding carboxylic acids is 1. The zero-order chi connectivity index (χ0) is 14.1. The molecule has 20 heavy (non-hydrogen) atoms. The van der Waals surface area contributed by atoms with Crippen molar-refractivity contribution in [3.05, 3.63) is 52.5 Å². The fraction of sp³-hybridized carbons (Fsp3) is 0. The van der Waals surface area contributed by atoms with E-state index in [-0.39, 0.29) is 5.56 Å². The Morgan fingerprint density at radius 2 is 2.15 bits per heavy atom. The number of aromatic nitrogens is 2. The molecular weight excluding hydrogens is 301 g/mol. The smallest absolute Gasteiger partial charge is 0.255 e. The van der Waals surface area contributed by atoms with Gasteiger partial charge in [0.2, 0.25) is 5.95 Å². The number of rotatable bonds is 2. The maximum atomic E-state index is 13.0. The summed E-state index contributed by atoms with van der Waals surface area (Å²) in [5.74, 6) is -1.18. The van der Waals surface area contributed by atoms with E-state index in [0.29, 0.717) is 16.2 Å². The molecule has 0 spiro atoms. The number of hydrogen-bond acceptors (Lipinski definition) is 4. The van der Waals surface area contributed by atoms with Crippen LogP contribution in [0, 0.1) is 5.95 Å². The van der Waals surface area contributed by atoms with Gasteiger partial charge in [-0.15, -0.1) is 11.3 Å². The van der Waals surface area contributed by atoms with Crippen LogP contribution in [0.5, 0.6) is 0 Å². The molecule has 3 aromatic rings. The van der Waals surface area contributed by atoms with E-state index in [1.165, 1.54) is 23.6 Å². The third kappa shape index (κ3) is 2.35. The predicted octanol–water partition coefficient (Wildman–Crippen LogP) is 3.74. The number of carbonyl (C=O) groups is 1. The number of nitrogens with zero attached hydrogens (tertiary/aromatic N) is 2. The van der Waals surface area contributed by atoms with Gasteiger partial charge in [0.05, 0.1) is 20.9 Å². The molecule has 0 aliphatic rings. The lowest BCUT2D eigenvalue weighted by molar-refractivity contribution is 0.102. The van der Waals surface area contributed by atoms with Crippen LogP contribution >= 0.6 is 22.9 Å². The molecule has 0 radical (unpaired) electrons. The summed E-state index contributed by atoms with van der Waals surface area (Å²) >= 11 is 7.53. The number of hydrogen-bond donors (Lipinski definition) is 1. The van der Waals surface area contributed by atoms with Crippen molar-refractivity contribution in [3.8, 4) is 0 Å². The van der Waals surface area contributed by atoms with Crippen LogP contribution in [0.15, 0.2) is 36.0 Å². The van der Waals surface area contributed by atoms with Crippen molar-refractivity contribution in [2.24, 2.45) is 0 Å². The van der Waals surface area contributed by atoms with E-state index in [0.717, 1.165) is 10.8 Å². The second-order valence-corrected chi connectivity index (χ2v) is 5.24. The summed E-state index contributed by atoms with van der Waals surface area (Å²) in [7, 11) is 0. The summed E-state index contributed by atoms with van der Waals surface area (Å²) in [4.78, 5) is 19.7. The molecule has 7 heteroatoms. The number of amides is 1. The van der Waals surface area contributed by atoms with Crippen LogP contribution in [0.2, 0.25) is 5.02 Å². The molecule has 2 heterocycles. The molecule has 0 saturated heterocycles. The van der Waals surface area contributed by atoms with E-state index in [9.17, 15) is 9.18 Å². The van der Waals surface area contributed by atoms with Gasteiger partial charge in [-0.25, -0.2) is 9.97 Å². The quantitative estimate of drug-likeness (QED) is 0.734. The van der Waals surface area contributed by atoms with E-state index in [1.54, 1.807) is 11.6 Å². The van der Waals surface area contributed by atoms with Gasteiger partial charge >= 0.3 is 0 Å². The Hall–Kier alpha value is -2.05. The molecule has 4 nitrogen and oxygen atoms in total. The molecule has 100 valence electrons. The highest BCUT2D eigenvalue weighted by Crippen LogP contribution is 2.32. The van der Waals surface area contributed by atoms with Crippen LogP contribution in [0.1, 0.15) is 10.4 Å². The molecule has 0 aliphatic carbocycles. The monoisotopic (exact) mass is 307 g/mol. The number of nitrogens with one attached hydrogen (secondary N) is 1. The highest BCUT2D eigenvalue weighted by Gasteiger charge is 2.13. The zero-order valence-electron chi connectivity index (χ0n) is 9.93. The summed E-state index contributed by atoms with van der Waals surface area (Å²) in [6, 6.07) is 6.00. The highest BCUT2D eigenvalue weighted by atomic mass is 35.5. The fourth-order valence-electron chi connectivity index (χ4n) is 1.75. The Morgan fingerprint density at radius 3 is 2.95 bits per heavy atom. The van der Waals surface area contributed by atoms with Crippen molar-refractivity contribution >= 4 is 44.7 Å². The zero-order valence-corrected chi connectivity index (χ0v) is 11.5. The van der Waals surface area contributed by atoms with E-state index in [1.807, 2.05) is 6.07 Å². The lowest BCUT2D eigenvalue weighted by Crippen LogP contribution is -2.13. The second kappa shape index (κ2) is 5.15. The van der Waals surface area contributed by atoms with Gasteiger partial charge in [-0.1, -0.05) is 11.6 Å². The average molecular weight is 308 g/mol. The molecule has 0 aliphatic heterocycles. The normalized spacial score (nSPS) is 10.7. The minimum atomic E-state index is -0.712. The standard InChI is InChI=1S/C13H7ClFN3OS/c14-8-1-2-9-12(17-6-20-9)11(8)18-13(19)7-3-4-16-10(15)5-7/h1-6H,(H,18,19). The molecule has 0 unspecified atom stereocenters. The van der Waals surface area contributed by atoms with Crippen LogP contribution in [-0.2, 0) is 0 Å². The molecule has 0 fully saturated rings. The van der Waals surface area contributed by atoms with Crippen molar-refractivity contribution in [1.82, 2.24) is 9.97 Å². The van der Waals surface area contributed by atoms with Gasteiger partial charge < -0.3 is 5.32 Å². The Morgan fingerprint density at radius 1 is 1.30 bits per heavy atom. The number of halogens is 2. The predicted molar refractivity (Wildman–Crippen MR) is 76.8 cm³/mol. The average Bonchev–Trinajstić information content (AvgIpc) is 2.90. The number of thiazole rings is 1. The van der Waals surface area contributed by atoms with Gasteiger partial charge in [0.1, 0.15) is 5.52 Å². The molecule has 3 rings (SSSR count). The van der Waals surface area contributed by atoms with Crippen LogP contribution in [0.4, 0.5) is 10.1 Å². The molecular formula is C13H7ClFN3OS. The summed E-state index contributed by atoms with van der Waals surface area (Å²) < 4.78 is 13.9. The number of benzene rings is 1. The van der Waals surface area contributed by atoms with Crippen LogP contribution in [0.3, 0.4) is 0 Å². The first kappa shape index (κ1) is 13.0. The summed E-state index contributed by atoms with van der Waals surface area (Å²) in [5, 5.41) is 3.04. The first-order valence-corrected chi connectivity index (χ1v) is 6.85. The molecule has 1 aromatic carbocycles. The minimum Gasteiger partial charge on any atom is -0.319 e. The van der Waals surface area contributed by atoms with Crippen molar-refractivity contribution in [2.45, 2.75) is 0 Å². The lowest BCUT2D eigenvalue weighted by Gasteiger charge is -2.08. The Balaban J connectivity index is 1.99. The topological polar surface area (TPSA) is 54.9 Å². The van der Waals surface area contributed by atoms with E-state index < -0.39 is 11.9 Å². The highest BCUT2D eigenvalue weighted by molar-refractivity contribution is 7.16. The van der Waals surface area contributed by atoms with Gasteiger partial charge in [-0.05, 0) is 18.2 Å². The summed E-state index contributed by atoms with van der Waals surface area (Å²) in [6.07, 6.45) is 1.23. The van der Waals surface area contributed by atoms with E-state index >= 15 is 0 Å². The van der Waals surface area contributed by atoms with E-state index in [4.69, 9.17) is 11.6 Å². The summed E-state index contributed by atoms with van der Waals surface area (Å²) in [5.41, 5.74) is 2.88. The Labute approximate surface area is 122 Å². The van der Waals surface area contributed by atoms with Crippen LogP contribution in [0.25, 0.3) is 10.2 Å². The first-order chi connectivity index (χ1) is 9.65. The minimum absolute atomic E-state index is 0.167. The molecule has 2 aromatic heterocycles. The summed E-state index contributed by atoms with van der Waals surface area (Å²) in [6.45, 7) is 0. The van der Waals surface area contributed by atoms with Crippen LogP contribution < -0.4 is 5.32 Å². The lowest BCUT2D eigenvalue weighted by atomic mass is 10.2. The van der Waals surface area contributed by atoms with Crippen molar-refractivity contribution in [2.75, 3.05) is 5.32 Å². The maximum absolute atomic E-state index is 13.0. The van der Waals surface area contributed by atoms with Crippen molar-refractivity contribution in [3.63, 3.8) is 0 Å². The van der Waals surface area contributed by atoms with Gasteiger partial charge in [0, 0.05) is 17.8 Å². The third-order valence-electron chi connectivity index (χ3n) is 2.68. The SMILES string of the molecule is O=C(Nc1c(Cl)ccc2scnc12)c1ccnc(F)c1. The number of pyridine rings is 1. The number of fused-ring (bicyclic) bond motifs is 1.